The Bertz CT molecular complexity index is 680. The molecule has 0 aliphatic carbocycles. The Kier molecular flexibility index (Phi) is 5.51. The standard InChI is InChI=1S/C20H28F3N3O2/c1-18(2,3)28-17(27)26-12-8-19(9-13-26)6-10-25(11-7-19)16-5-4-15(14-24-16)20(21,22)23/h4-5,14H,6-13H2,1-3H3. The number of alkyl halides is 3. The molecule has 0 saturated carbocycles. The van der Waals surface area contributed by atoms with Crippen LogP contribution in [-0.2, 0) is 10.9 Å². The minimum atomic E-state index is -4.36. The maximum atomic E-state index is 12.7. The van der Waals surface area contributed by atoms with Crippen molar-refractivity contribution in [1.82, 2.24) is 9.88 Å². The monoisotopic (exact) mass is 399 g/mol. The normalized spacial score (nSPS) is 20.4. The molecule has 1 aromatic rings. The van der Waals surface area contributed by atoms with Gasteiger partial charge in [0.05, 0.1) is 5.56 Å². The molecule has 2 fully saturated rings. The summed E-state index contributed by atoms with van der Waals surface area (Å²) in [4.78, 5) is 20.1. The quantitative estimate of drug-likeness (QED) is 0.686. The molecule has 3 rings (SSSR count). The van der Waals surface area contributed by atoms with Crippen LogP contribution in [0.1, 0.15) is 52.0 Å². The fraction of sp³-hybridized carbons (Fsp3) is 0.700. The summed E-state index contributed by atoms with van der Waals surface area (Å²) < 4.78 is 43.5. The van der Waals surface area contributed by atoms with E-state index in [4.69, 9.17) is 4.74 Å². The summed E-state index contributed by atoms with van der Waals surface area (Å²) in [6, 6.07) is 2.54. The van der Waals surface area contributed by atoms with E-state index in [1.807, 2.05) is 25.7 Å². The lowest BCUT2D eigenvalue weighted by molar-refractivity contribution is -0.137. The molecule has 0 radical (unpaired) electrons. The van der Waals surface area contributed by atoms with Crippen molar-refractivity contribution in [1.29, 1.82) is 0 Å². The third-order valence-corrected chi connectivity index (χ3v) is 5.70. The Balaban J connectivity index is 1.52. The van der Waals surface area contributed by atoms with Crippen molar-refractivity contribution >= 4 is 11.9 Å². The van der Waals surface area contributed by atoms with Gasteiger partial charge in [0.1, 0.15) is 11.4 Å². The van der Waals surface area contributed by atoms with Crippen LogP contribution < -0.4 is 4.90 Å². The van der Waals surface area contributed by atoms with E-state index in [1.54, 1.807) is 4.90 Å². The van der Waals surface area contributed by atoms with E-state index >= 15 is 0 Å². The first-order valence-electron chi connectivity index (χ1n) is 9.74. The van der Waals surface area contributed by atoms with Crippen molar-refractivity contribution in [2.75, 3.05) is 31.1 Å². The van der Waals surface area contributed by atoms with E-state index in [1.165, 1.54) is 6.07 Å². The molecule has 0 unspecified atom stereocenters. The molecule has 2 aliphatic rings. The van der Waals surface area contributed by atoms with Crippen molar-refractivity contribution in [3.8, 4) is 0 Å². The summed E-state index contributed by atoms with van der Waals surface area (Å²) in [6.45, 7) is 8.50. The minimum absolute atomic E-state index is 0.195. The van der Waals surface area contributed by atoms with Crippen LogP contribution in [0.25, 0.3) is 0 Å². The highest BCUT2D eigenvalue weighted by molar-refractivity contribution is 5.68. The average Bonchev–Trinajstić information content (AvgIpc) is 2.61. The van der Waals surface area contributed by atoms with Gasteiger partial charge in [-0.3, -0.25) is 0 Å². The molecule has 156 valence electrons. The zero-order chi connectivity index (χ0) is 20.6. The van der Waals surface area contributed by atoms with Crippen molar-refractivity contribution in [2.24, 2.45) is 5.41 Å². The van der Waals surface area contributed by atoms with Gasteiger partial charge >= 0.3 is 12.3 Å². The van der Waals surface area contributed by atoms with E-state index in [0.29, 0.717) is 18.9 Å². The molecule has 3 heterocycles. The first kappa shape index (κ1) is 20.7. The predicted octanol–water partition coefficient (Wildman–Crippen LogP) is 4.72. The molecular formula is C20H28F3N3O2. The van der Waals surface area contributed by atoms with Gasteiger partial charge in [-0.2, -0.15) is 13.2 Å². The minimum Gasteiger partial charge on any atom is -0.444 e. The number of carbonyl (C=O) groups excluding carboxylic acids is 1. The van der Waals surface area contributed by atoms with Gasteiger partial charge in [-0.15, -0.1) is 0 Å². The zero-order valence-corrected chi connectivity index (χ0v) is 16.7. The molecule has 1 aromatic heterocycles. The number of aromatic nitrogens is 1. The lowest BCUT2D eigenvalue weighted by Gasteiger charge is -2.47. The number of ether oxygens (including phenoxy) is 1. The van der Waals surface area contributed by atoms with Crippen LogP contribution in [0.2, 0.25) is 0 Å². The maximum Gasteiger partial charge on any atom is 0.417 e. The highest BCUT2D eigenvalue weighted by atomic mass is 19.4. The fourth-order valence-electron chi connectivity index (χ4n) is 3.94. The predicted molar refractivity (Wildman–Crippen MR) is 100 cm³/mol. The number of piperidine rings is 2. The Hall–Kier alpha value is -1.99. The molecule has 28 heavy (non-hydrogen) atoms. The molecule has 0 N–H and O–H groups in total. The summed E-state index contributed by atoms with van der Waals surface area (Å²) in [7, 11) is 0. The second kappa shape index (κ2) is 7.44. The summed E-state index contributed by atoms with van der Waals surface area (Å²) in [5.41, 5.74) is -1.02. The molecule has 0 atom stereocenters. The molecule has 1 spiro atoms. The van der Waals surface area contributed by atoms with Gasteiger partial charge in [-0.05, 0) is 64.0 Å². The molecule has 5 nitrogen and oxygen atoms in total. The third kappa shape index (κ3) is 4.89. The number of halogens is 3. The number of likely N-dealkylation sites (tertiary alicyclic amines) is 1. The second-order valence-electron chi connectivity index (χ2n) is 8.86. The Morgan fingerprint density at radius 2 is 1.61 bits per heavy atom. The number of rotatable bonds is 1. The summed E-state index contributed by atoms with van der Waals surface area (Å²) >= 11 is 0. The van der Waals surface area contributed by atoms with Gasteiger partial charge < -0.3 is 14.5 Å². The first-order valence-corrected chi connectivity index (χ1v) is 9.74. The Morgan fingerprint density at radius 1 is 1.04 bits per heavy atom. The van der Waals surface area contributed by atoms with Gasteiger partial charge in [0.2, 0.25) is 0 Å². The third-order valence-electron chi connectivity index (χ3n) is 5.70. The molecular weight excluding hydrogens is 371 g/mol. The van der Waals surface area contributed by atoms with Crippen molar-refractivity contribution in [3.05, 3.63) is 23.9 Å². The highest BCUT2D eigenvalue weighted by Gasteiger charge is 2.39. The van der Waals surface area contributed by atoms with Gasteiger partial charge in [0, 0.05) is 32.4 Å². The van der Waals surface area contributed by atoms with Crippen molar-refractivity contribution < 1.29 is 22.7 Å². The lowest BCUT2D eigenvalue weighted by Crippen LogP contribution is -2.49. The average molecular weight is 399 g/mol. The Morgan fingerprint density at radius 3 is 2.07 bits per heavy atom. The van der Waals surface area contributed by atoms with E-state index in [0.717, 1.165) is 51.0 Å². The first-order chi connectivity index (χ1) is 13.0. The molecule has 0 aromatic carbocycles. The lowest BCUT2D eigenvalue weighted by atomic mass is 9.71. The molecule has 1 amide bonds. The highest BCUT2D eigenvalue weighted by Crippen LogP contribution is 2.42. The van der Waals surface area contributed by atoms with Crippen LogP contribution in [0.15, 0.2) is 18.3 Å². The zero-order valence-electron chi connectivity index (χ0n) is 16.7. The summed E-state index contributed by atoms with van der Waals surface area (Å²) in [5.74, 6) is 0.592. The van der Waals surface area contributed by atoms with E-state index < -0.39 is 17.3 Å². The fourth-order valence-corrected chi connectivity index (χ4v) is 3.94. The topological polar surface area (TPSA) is 45.7 Å². The van der Waals surface area contributed by atoms with Crippen LogP contribution in [0, 0.1) is 5.41 Å². The van der Waals surface area contributed by atoms with E-state index in [9.17, 15) is 18.0 Å². The summed E-state index contributed by atoms with van der Waals surface area (Å²) in [5, 5.41) is 0. The number of carbonyl (C=O) groups is 1. The number of hydrogen-bond acceptors (Lipinski definition) is 4. The van der Waals surface area contributed by atoms with Gasteiger partial charge in [0.15, 0.2) is 0 Å². The molecule has 2 saturated heterocycles. The van der Waals surface area contributed by atoms with Crippen molar-refractivity contribution in [3.63, 3.8) is 0 Å². The van der Waals surface area contributed by atoms with Gasteiger partial charge in [-0.1, -0.05) is 0 Å². The van der Waals surface area contributed by atoms with Gasteiger partial charge in [-0.25, -0.2) is 9.78 Å². The summed E-state index contributed by atoms with van der Waals surface area (Å²) in [6.07, 6.45) is 0.0591. The van der Waals surface area contributed by atoms with Crippen LogP contribution in [0.4, 0.5) is 23.8 Å². The number of anilines is 1. The smallest absolute Gasteiger partial charge is 0.417 e. The van der Waals surface area contributed by atoms with E-state index in [2.05, 4.69) is 4.98 Å². The number of pyridine rings is 1. The molecule has 8 heteroatoms. The van der Waals surface area contributed by atoms with Crippen molar-refractivity contribution in [2.45, 2.75) is 58.2 Å². The Labute approximate surface area is 163 Å². The molecule has 0 bridgehead atoms. The van der Waals surface area contributed by atoms with E-state index in [-0.39, 0.29) is 11.5 Å². The number of nitrogens with zero attached hydrogens (tertiary/aromatic N) is 3. The second-order valence-corrected chi connectivity index (χ2v) is 8.86. The molecule has 2 aliphatic heterocycles. The van der Waals surface area contributed by atoms with Crippen LogP contribution in [-0.4, -0.2) is 47.8 Å². The van der Waals surface area contributed by atoms with Gasteiger partial charge in [0.25, 0.3) is 0 Å². The number of hydrogen-bond donors (Lipinski definition) is 0. The largest absolute Gasteiger partial charge is 0.444 e. The van der Waals surface area contributed by atoms with Crippen LogP contribution in [0.5, 0.6) is 0 Å². The SMILES string of the molecule is CC(C)(C)OC(=O)N1CCC2(CC1)CCN(c1ccc(C(F)(F)F)cn1)CC2. The van der Waals surface area contributed by atoms with Crippen LogP contribution >= 0.6 is 0 Å². The number of amides is 1. The maximum absolute atomic E-state index is 12.7. The van der Waals surface area contributed by atoms with Crippen LogP contribution in [0.3, 0.4) is 0 Å².